The molecule has 0 saturated carbocycles. The molecule has 0 spiro atoms. The standard InChI is InChI=1S/C15H14ClN3/c1-9-6-12-14(7-10(9)2)19(8-18-12)13-5-3-4-11(16)15(13)17/h3-8H,17H2,1-2H3. The second-order valence-corrected chi connectivity index (χ2v) is 5.12. The molecule has 0 fully saturated rings. The first-order valence-corrected chi connectivity index (χ1v) is 6.44. The van der Waals surface area contributed by atoms with Gasteiger partial charge in [0.05, 0.1) is 27.4 Å². The van der Waals surface area contributed by atoms with Crippen LogP contribution in [0.3, 0.4) is 0 Å². The molecule has 0 aliphatic carbocycles. The van der Waals surface area contributed by atoms with Crippen LogP contribution in [-0.2, 0) is 0 Å². The van der Waals surface area contributed by atoms with Gasteiger partial charge in [0.25, 0.3) is 0 Å². The molecule has 1 aromatic heterocycles. The lowest BCUT2D eigenvalue weighted by Crippen LogP contribution is -1.99. The zero-order valence-electron chi connectivity index (χ0n) is 10.8. The van der Waals surface area contributed by atoms with Gasteiger partial charge in [-0.25, -0.2) is 4.98 Å². The quantitative estimate of drug-likeness (QED) is 0.683. The largest absolute Gasteiger partial charge is 0.396 e. The maximum atomic E-state index is 6.08. The van der Waals surface area contributed by atoms with Crippen LogP contribution in [0.25, 0.3) is 16.7 Å². The molecule has 96 valence electrons. The maximum absolute atomic E-state index is 6.08. The minimum absolute atomic E-state index is 0.559. The van der Waals surface area contributed by atoms with Gasteiger partial charge in [-0.1, -0.05) is 17.7 Å². The average molecular weight is 272 g/mol. The second-order valence-electron chi connectivity index (χ2n) is 4.71. The highest BCUT2D eigenvalue weighted by Gasteiger charge is 2.10. The Balaban J connectivity index is 2.31. The summed E-state index contributed by atoms with van der Waals surface area (Å²) in [5.41, 5.74) is 11.9. The summed E-state index contributed by atoms with van der Waals surface area (Å²) in [6.07, 6.45) is 1.78. The number of aryl methyl sites for hydroxylation is 2. The van der Waals surface area contributed by atoms with E-state index in [0.717, 1.165) is 16.7 Å². The molecule has 0 radical (unpaired) electrons. The van der Waals surface area contributed by atoms with E-state index in [1.54, 1.807) is 12.4 Å². The number of imidazole rings is 1. The van der Waals surface area contributed by atoms with Crippen LogP contribution in [0.1, 0.15) is 11.1 Å². The Labute approximate surface area is 116 Å². The highest BCUT2D eigenvalue weighted by Crippen LogP contribution is 2.29. The number of nitrogen functional groups attached to an aromatic ring is 1. The Morgan fingerprint density at radius 2 is 1.89 bits per heavy atom. The molecule has 3 nitrogen and oxygen atoms in total. The highest BCUT2D eigenvalue weighted by atomic mass is 35.5. The fourth-order valence-corrected chi connectivity index (χ4v) is 2.36. The summed E-state index contributed by atoms with van der Waals surface area (Å²) >= 11 is 6.08. The molecule has 1 heterocycles. The van der Waals surface area contributed by atoms with E-state index < -0.39 is 0 Å². The number of nitrogens with two attached hydrogens (primary N) is 1. The predicted octanol–water partition coefficient (Wildman–Crippen LogP) is 3.88. The topological polar surface area (TPSA) is 43.8 Å². The molecule has 0 bridgehead atoms. The number of nitrogens with zero attached hydrogens (tertiary/aromatic N) is 2. The number of halogens is 1. The summed E-state index contributed by atoms with van der Waals surface area (Å²) in [7, 11) is 0. The lowest BCUT2D eigenvalue weighted by Gasteiger charge is -2.10. The van der Waals surface area contributed by atoms with Crippen LogP contribution in [0.4, 0.5) is 5.69 Å². The van der Waals surface area contributed by atoms with Gasteiger partial charge in [-0.05, 0) is 49.2 Å². The van der Waals surface area contributed by atoms with Crippen molar-refractivity contribution < 1.29 is 0 Å². The summed E-state index contributed by atoms with van der Waals surface area (Å²) in [6, 6.07) is 9.83. The van der Waals surface area contributed by atoms with Crippen molar-refractivity contribution in [2.45, 2.75) is 13.8 Å². The van der Waals surface area contributed by atoms with E-state index in [1.165, 1.54) is 11.1 Å². The van der Waals surface area contributed by atoms with E-state index in [-0.39, 0.29) is 0 Å². The molecule has 0 saturated heterocycles. The Bertz CT molecular complexity index is 774. The van der Waals surface area contributed by atoms with Crippen molar-refractivity contribution in [2.75, 3.05) is 5.73 Å². The van der Waals surface area contributed by atoms with Gasteiger partial charge >= 0.3 is 0 Å². The van der Waals surface area contributed by atoms with E-state index >= 15 is 0 Å². The van der Waals surface area contributed by atoms with E-state index in [1.807, 2.05) is 16.7 Å². The van der Waals surface area contributed by atoms with Gasteiger partial charge in [0, 0.05) is 0 Å². The first-order valence-electron chi connectivity index (χ1n) is 6.06. The van der Waals surface area contributed by atoms with Crippen LogP contribution in [0, 0.1) is 13.8 Å². The van der Waals surface area contributed by atoms with Crippen molar-refractivity contribution in [3.8, 4) is 5.69 Å². The molecule has 0 unspecified atom stereocenters. The molecule has 2 aromatic carbocycles. The number of para-hydroxylation sites is 1. The van der Waals surface area contributed by atoms with Crippen molar-refractivity contribution in [3.05, 3.63) is 52.8 Å². The van der Waals surface area contributed by atoms with Crippen LogP contribution in [0.2, 0.25) is 5.02 Å². The zero-order valence-corrected chi connectivity index (χ0v) is 11.6. The Morgan fingerprint density at radius 3 is 2.68 bits per heavy atom. The monoisotopic (exact) mass is 271 g/mol. The molecule has 2 N–H and O–H groups in total. The molecule has 0 aliphatic heterocycles. The first kappa shape index (κ1) is 12.1. The van der Waals surface area contributed by atoms with Crippen molar-refractivity contribution in [3.63, 3.8) is 0 Å². The number of hydrogen-bond donors (Lipinski definition) is 1. The third kappa shape index (κ3) is 1.87. The van der Waals surface area contributed by atoms with Crippen LogP contribution < -0.4 is 5.73 Å². The SMILES string of the molecule is Cc1cc2ncn(-c3cccc(Cl)c3N)c2cc1C. The van der Waals surface area contributed by atoms with E-state index in [0.29, 0.717) is 10.7 Å². The lowest BCUT2D eigenvalue weighted by molar-refractivity contribution is 1.09. The van der Waals surface area contributed by atoms with Gasteiger partial charge in [-0.2, -0.15) is 0 Å². The van der Waals surface area contributed by atoms with Gasteiger partial charge in [0.2, 0.25) is 0 Å². The van der Waals surface area contributed by atoms with Crippen LogP contribution >= 0.6 is 11.6 Å². The number of aromatic nitrogens is 2. The number of benzene rings is 2. The Kier molecular flexibility index (Phi) is 2.72. The van der Waals surface area contributed by atoms with Crippen LogP contribution in [0.5, 0.6) is 0 Å². The van der Waals surface area contributed by atoms with Crippen LogP contribution in [0.15, 0.2) is 36.7 Å². The number of anilines is 1. The van der Waals surface area contributed by atoms with E-state index in [2.05, 4.69) is 31.0 Å². The predicted molar refractivity (Wildman–Crippen MR) is 80.0 cm³/mol. The van der Waals surface area contributed by atoms with E-state index in [4.69, 9.17) is 17.3 Å². The molecule has 0 amide bonds. The molecular weight excluding hydrogens is 258 g/mol. The normalized spacial score (nSPS) is 11.1. The molecule has 0 aliphatic rings. The molecule has 3 rings (SSSR count). The van der Waals surface area contributed by atoms with Crippen molar-refractivity contribution in [1.82, 2.24) is 9.55 Å². The molecule has 3 aromatic rings. The number of hydrogen-bond acceptors (Lipinski definition) is 2. The highest BCUT2D eigenvalue weighted by molar-refractivity contribution is 6.33. The summed E-state index contributed by atoms with van der Waals surface area (Å²) in [4.78, 5) is 4.43. The molecule has 19 heavy (non-hydrogen) atoms. The third-order valence-electron chi connectivity index (χ3n) is 3.45. The zero-order chi connectivity index (χ0) is 13.6. The molecular formula is C15H14ClN3. The van der Waals surface area contributed by atoms with Gasteiger partial charge in [0.15, 0.2) is 0 Å². The Hall–Kier alpha value is -2.00. The average Bonchev–Trinajstić information content (AvgIpc) is 2.76. The Morgan fingerprint density at radius 1 is 1.16 bits per heavy atom. The summed E-state index contributed by atoms with van der Waals surface area (Å²) < 4.78 is 1.98. The fourth-order valence-electron chi connectivity index (χ4n) is 2.19. The van der Waals surface area contributed by atoms with Crippen LogP contribution in [-0.4, -0.2) is 9.55 Å². The molecule has 4 heteroatoms. The van der Waals surface area contributed by atoms with Gasteiger partial charge in [0.1, 0.15) is 6.33 Å². The minimum atomic E-state index is 0.559. The van der Waals surface area contributed by atoms with Gasteiger partial charge in [-0.3, -0.25) is 4.57 Å². The minimum Gasteiger partial charge on any atom is -0.396 e. The fraction of sp³-hybridized carbons (Fsp3) is 0.133. The summed E-state index contributed by atoms with van der Waals surface area (Å²) in [5, 5.41) is 0.559. The van der Waals surface area contributed by atoms with Crippen molar-refractivity contribution in [1.29, 1.82) is 0 Å². The summed E-state index contributed by atoms with van der Waals surface area (Å²) in [6.45, 7) is 4.18. The molecule has 0 atom stereocenters. The second kappa shape index (κ2) is 4.28. The van der Waals surface area contributed by atoms with Crippen molar-refractivity contribution in [2.24, 2.45) is 0 Å². The lowest BCUT2D eigenvalue weighted by atomic mass is 10.1. The maximum Gasteiger partial charge on any atom is 0.100 e. The number of fused-ring (bicyclic) bond motifs is 1. The van der Waals surface area contributed by atoms with Gasteiger partial charge in [-0.15, -0.1) is 0 Å². The smallest absolute Gasteiger partial charge is 0.100 e. The summed E-state index contributed by atoms with van der Waals surface area (Å²) in [5.74, 6) is 0. The van der Waals surface area contributed by atoms with E-state index in [9.17, 15) is 0 Å². The third-order valence-corrected chi connectivity index (χ3v) is 3.78. The first-order chi connectivity index (χ1) is 9.08. The van der Waals surface area contributed by atoms with Gasteiger partial charge < -0.3 is 5.73 Å². The number of rotatable bonds is 1. The van der Waals surface area contributed by atoms with Crippen molar-refractivity contribution >= 4 is 28.3 Å².